The molecule has 0 saturated carbocycles. The van der Waals surface area contributed by atoms with Gasteiger partial charge in [0.1, 0.15) is 0 Å². The molecule has 4 saturated heterocycles. The lowest BCUT2D eigenvalue weighted by Crippen LogP contribution is -2.53. The molecule has 1 aromatic rings. The number of anilines is 2. The smallest absolute Gasteiger partial charge is 0.233 e. The molecule has 4 aliphatic heterocycles. The molecule has 0 atom stereocenters. The van der Waals surface area contributed by atoms with E-state index in [1.165, 1.54) is 50.0 Å². The Morgan fingerprint density at radius 1 is 0.828 bits per heavy atom. The summed E-state index contributed by atoms with van der Waals surface area (Å²) in [6, 6.07) is 6.67. The Bertz CT molecular complexity index is 675. The summed E-state index contributed by atoms with van der Waals surface area (Å²) in [6.07, 6.45) is 9.54. The van der Waals surface area contributed by atoms with E-state index in [9.17, 15) is 4.79 Å². The first-order valence-electron chi connectivity index (χ1n) is 11.8. The van der Waals surface area contributed by atoms with Crippen molar-refractivity contribution >= 4 is 17.3 Å². The number of hydrogen-bond acceptors (Lipinski definition) is 4. The predicted octanol–water partition coefficient (Wildman–Crippen LogP) is 3.46. The molecule has 4 fully saturated rings. The number of carbonyl (C=O) groups excluding carboxylic acids is 1. The van der Waals surface area contributed by atoms with Gasteiger partial charge in [-0.3, -0.25) is 4.79 Å². The molecule has 4 heterocycles. The summed E-state index contributed by atoms with van der Waals surface area (Å²) in [5.41, 5.74) is 3.57. The first kappa shape index (κ1) is 20.7. The summed E-state index contributed by atoms with van der Waals surface area (Å²) in [7, 11) is 0. The molecule has 160 valence electrons. The van der Waals surface area contributed by atoms with E-state index in [2.05, 4.69) is 45.6 Å². The number of rotatable bonds is 2. The van der Waals surface area contributed by atoms with Crippen LogP contribution in [-0.2, 0) is 4.79 Å². The van der Waals surface area contributed by atoms with E-state index in [-0.39, 0.29) is 5.41 Å². The molecule has 0 unspecified atom stereocenters. The summed E-state index contributed by atoms with van der Waals surface area (Å²) >= 11 is 0. The standard InChI is InChI=1S/C20H29N3O.C4H9N/c1-16-15-17(22-12-2-3-13-22)5-6-18(16)23-14-4-7-20(19(23)24)8-10-21-11-9-20;1-2-4-5-3-1/h5-6,15,21H,2-4,7-14H2,1H3;5H,1-4H2. The molecule has 0 aliphatic carbocycles. The van der Waals surface area contributed by atoms with Gasteiger partial charge in [0, 0.05) is 31.0 Å². The van der Waals surface area contributed by atoms with Crippen LogP contribution < -0.4 is 20.4 Å². The summed E-state index contributed by atoms with van der Waals surface area (Å²) in [5.74, 6) is 0.368. The number of carbonyl (C=O) groups is 1. The van der Waals surface area contributed by atoms with Crippen LogP contribution in [0.2, 0.25) is 0 Å². The molecule has 1 amide bonds. The molecule has 5 heteroatoms. The molecule has 1 spiro atoms. The molecule has 0 aromatic heterocycles. The highest BCUT2D eigenvalue weighted by atomic mass is 16.2. The molecular weight excluding hydrogens is 360 g/mol. The first-order valence-corrected chi connectivity index (χ1v) is 11.8. The topological polar surface area (TPSA) is 47.6 Å². The zero-order valence-electron chi connectivity index (χ0n) is 18.1. The number of amides is 1. The minimum Gasteiger partial charge on any atom is -0.372 e. The number of piperidine rings is 2. The van der Waals surface area contributed by atoms with Crippen LogP contribution in [0.5, 0.6) is 0 Å². The maximum absolute atomic E-state index is 13.3. The lowest BCUT2D eigenvalue weighted by atomic mass is 9.72. The molecule has 0 bridgehead atoms. The molecule has 5 nitrogen and oxygen atoms in total. The van der Waals surface area contributed by atoms with Crippen LogP contribution >= 0.6 is 0 Å². The van der Waals surface area contributed by atoms with Crippen molar-refractivity contribution in [2.24, 2.45) is 5.41 Å². The van der Waals surface area contributed by atoms with Gasteiger partial charge >= 0.3 is 0 Å². The van der Waals surface area contributed by atoms with Crippen LogP contribution in [0.3, 0.4) is 0 Å². The van der Waals surface area contributed by atoms with Gasteiger partial charge in [-0.05, 0) is 108 Å². The second-order valence-electron chi connectivity index (χ2n) is 9.21. The Labute approximate surface area is 176 Å². The maximum atomic E-state index is 13.3. The first-order chi connectivity index (χ1) is 14.2. The Morgan fingerprint density at radius 3 is 2.14 bits per heavy atom. The Morgan fingerprint density at radius 2 is 1.52 bits per heavy atom. The highest BCUT2D eigenvalue weighted by Crippen LogP contribution is 2.41. The fourth-order valence-electron chi connectivity index (χ4n) is 5.41. The van der Waals surface area contributed by atoms with E-state index in [1.807, 2.05) is 0 Å². The minimum atomic E-state index is -0.108. The normalized spacial score (nSPS) is 24.0. The molecule has 5 rings (SSSR count). The van der Waals surface area contributed by atoms with Crippen molar-refractivity contribution in [2.75, 3.05) is 55.6 Å². The van der Waals surface area contributed by atoms with Crippen molar-refractivity contribution in [3.8, 4) is 0 Å². The van der Waals surface area contributed by atoms with Crippen LogP contribution in [-0.4, -0.2) is 51.7 Å². The molecule has 29 heavy (non-hydrogen) atoms. The molecular formula is C24H38N4O. The fourth-order valence-corrected chi connectivity index (χ4v) is 5.41. The molecule has 0 radical (unpaired) electrons. The van der Waals surface area contributed by atoms with Gasteiger partial charge in [0.05, 0.1) is 5.41 Å². The van der Waals surface area contributed by atoms with E-state index >= 15 is 0 Å². The summed E-state index contributed by atoms with van der Waals surface area (Å²) < 4.78 is 0. The number of hydrogen-bond donors (Lipinski definition) is 2. The van der Waals surface area contributed by atoms with E-state index in [1.54, 1.807) is 0 Å². The average Bonchev–Trinajstić information content (AvgIpc) is 3.48. The van der Waals surface area contributed by atoms with Gasteiger partial charge < -0.3 is 20.4 Å². The van der Waals surface area contributed by atoms with Crippen molar-refractivity contribution in [1.82, 2.24) is 10.6 Å². The fraction of sp³-hybridized carbons (Fsp3) is 0.708. The number of benzene rings is 1. The van der Waals surface area contributed by atoms with Gasteiger partial charge in [-0.25, -0.2) is 0 Å². The van der Waals surface area contributed by atoms with Gasteiger partial charge in [-0.1, -0.05) is 0 Å². The van der Waals surface area contributed by atoms with E-state index in [4.69, 9.17) is 0 Å². The Kier molecular flexibility index (Phi) is 6.76. The van der Waals surface area contributed by atoms with Crippen LogP contribution in [0.15, 0.2) is 18.2 Å². The van der Waals surface area contributed by atoms with Gasteiger partial charge in [0.2, 0.25) is 5.91 Å². The summed E-state index contributed by atoms with van der Waals surface area (Å²) in [4.78, 5) is 17.8. The van der Waals surface area contributed by atoms with Crippen molar-refractivity contribution < 1.29 is 4.79 Å². The number of aryl methyl sites for hydroxylation is 1. The lowest BCUT2D eigenvalue weighted by Gasteiger charge is -2.44. The van der Waals surface area contributed by atoms with Crippen LogP contribution in [0.1, 0.15) is 56.9 Å². The quantitative estimate of drug-likeness (QED) is 0.801. The van der Waals surface area contributed by atoms with Gasteiger partial charge in [0.25, 0.3) is 0 Å². The predicted molar refractivity (Wildman–Crippen MR) is 121 cm³/mol. The molecule has 4 aliphatic rings. The Balaban J connectivity index is 0.000000359. The third-order valence-corrected chi connectivity index (χ3v) is 7.20. The zero-order valence-corrected chi connectivity index (χ0v) is 18.1. The summed E-state index contributed by atoms with van der Waals surface area (Å²) in [6.45, 7) is 9.82. The monoisotopic (exact) mass is 398 g/mol. The maximum Gasteiger partial charge on any atom is 0.233 e. The van der Waals surface area contributed by atoms with Crippen molar-refractivity contribution in [3.05, 3.63) is 23.8 Å². The third-order valence-electron chi connectivity index (χ3n) is 7.20. The van der Waals surface area contributed by atoms with Crippen molar-refractivity contribution in [3.63, 3.8) is 0 Å². The number of nitrogens with one attached hydrogen (secondary N) is 2. The van der Waals surface area contributed by atoms with Gasteiger partial charge in [0.15, 0.2) is 0 Å². The van der Waals surface area contributed by atoms with Crippen molar-refractivity contribution in [2.45, 2.75) is 58.3 Å². The number of nitrogens with zero attached hydrogens (tertiary/aromatic N) is 2. The van der Waals surface area contributed by atoms with Crippen LogP contribution in [0.25, 0.3) is 0 Å². The molecule has 1 aromatic carbocycles. The van der Waals surface area contributed by atoms with Crippen molar-refractivity contribution in [1.29, 1.82) is 0 Å². The van der Waals surface area contributed by atoms with Crippen LogP contribution in [0.4, 0.5) is 11.4 Å². The molecule has 2 N–H and O–H groups in total. The SMILES string of the molecule is C1CCNC1.Cc1cc(N2CCCC2)ccc1N1CCCC2(CCNCC2)C1=O. The van der Waals surface area contributed by atoms with E-state index in [0.717, 1.165) is 64.1 Å². The van der Waals surface area contributed by atoms with Gasteiger partial charge in [-0.15, -0.1) is 0 Å². The second-order valence-corrected chi connectivity index (χ2v) is 9.21. The van der Waals surface area contributed by atoms with E-state index < -0.39 is 0 Å². The largest absolute Gasteiger partial charge is 0.372 e. The van der Waals surface area contributed by atoms with Gasteiger partial charge in [-0.2, -0.15) is 0 Å². The zero-order chi connectivity index (χ0) is 20.1. The highest BCUT2D eigenvalue weighted by Gasteiger charge is 2.44. The minimum absolute atomic E-state index is 0.108. The average molecular weight is 399 g/mol. The van der Waals surface area contributed by atoms with Crippen LogP contribution in [0, 0.1) is 12.3 Å². The second kappa shape index (κ2) is 9.48. The van der Waals surface area contributed by atoms with E-state index in [0.29, 0.717) is 5.91 Å². The Hall–Kier alpha value is -1.59. The lowest BCUT2D eigenvalue weighted by molar-refractivity contribution is -0.132. The summed E-state index contributed by atoms with van der Waals surface area (Å²) in [5, 5.41) is 6.63. The third kappa shape index (κ3) is 4.61. The highest BCUT2D eigenvalue weighted by molar-refractivity contribution is 5.99.